The van der Waals surface area contributed by atoms with E-state index in [0.29, 0.717) is 11.1 Å². The van der Waals surface area contributed by atoms with Crippen molar-refractivity contribution < 1.29 is 29.6 Å². The molecule has 1 aliphatic carbocycles. The van der Waals surface area contributed by atoms with Gasteiger partial charge in [0.25, 0.3) is 0 Å². The van der Waals surface area contributed by atoms with Gasteiger partial charge in [-0.2, -0.15) is 0 Å². The molecule has 2 aliphatic rings. The predicted molar refractivity (Wildman–Crippen MR) is 74.5 cm³/mol. The topological polar surface area (TPSA) is 96.2 Å². The number of unbranched alkanes of at least 4 members (excludes halogenated alkanes) is 3. The SMILES string of the molecule is CCCCC/C=C/C1=C(CO)[C@H]2OC(=O)O[C@H]2[C@@H](O)[C@@H]1O. The van der Waals surface area contributed by atoms with Crippen molar-refractivity contribution >= 4 is 6.16 Å². The molecule has 118 valence electrons. The van der Waals surface area contributed by atoms with Crippen LogP contribution in [0.5, 0.6) is 0 Å². The highest BCUT2D eigenvalue weighted by Crippen LogP contribution is 2.35. The summed E-state index contributed by atoms with van der Waals surface area (Å²) in [6, 6.07) is 0. The van der Waals surface area contributed by atoms with E-state index in [0.717, 1.165) is 25.7 Å². The minimum Gasteiger partial charge on any atom is -0.424 e. The Kier molecular flexibility index (Phi) is 5.39. The smallest absolute Gasteiger partial charge is 0.424 e. The molecule has 1 aliphatic heterocycles. The third kappa shape index (κ3) is 3.28. The molecule has 6 heteroatoms. The fourth-order valence-corrected chi connectivity index (χ4v) is 2.72. The monoisotopic (exact) mass is 298 g/mol. The summed E-state index contributed by atoms with van der Waals surface area (Å²) in [7, 11) is 0. The molecule has 0 amide bonds. The molecule has 1 saturated heterocycles. The average Bonchev–Trinajstić information content (AvgIpc) is 2.85. The molecule has 0 aromatic carbocycles. The van der Waals surface area contributed by atoms with Crippen molar-refractivity contribution in [3.63, 3.8) is 0 Å². The van der Waals surface area contributed by atoms with Gasteiger partial charge in [0.1, 0.15) is 12.2 Å². The summed E-state index contributed by atoms with van der Waals surface area (Å²) in [5.74, 6) is 0. The van der Waals surface area contributed by atoms with Crippen LogP contribution in [0.3, 0.4) is 0 Å². The Labute approximate surface area is 123 Å². The zero-order valence-electron chi connectivity index (χ0n) is 12.1. The summed E-state index contributed by atoms with van der Waals surface area (Å²) in [4.78, 5) is 11.2. The maximum Gasteiger partial charge on any atom is 0.509 e. The number of aliphatic hydroxyl groups is 3. The number of carbonyl (C=O) groups excluding carboxylic acids is 1. The highest BCUT2D eigenvalue weighted by atomic mass is 16.8. The summed E-state index contributed by atoms with van der Waals surface area (Å²) >= 11 is 0. The van der Waals surface area contributed by atoms with Crippen LogP contribution in [0.15, 0.2) is 23.3 Å². The lowest BCUT2D eigenvalue weighted by Gasteiger charge is -2.33. The van der Waals surface area contributed by atoms with Crippen LogP contribution in [0, 0.1) is 0 Å². The van der Waals surface area contributed by atoms with E-state index >= 15 is 0 Å². The maximum absolute atomic E-state index is 11.2. The van der Waals surface area contributed by atoms with E-state index in [9.17, 15) is 20.1 Å². The second-order valence-electron chi connectivity index (χ2n) is 5.34. The Balaban J connectivity index is 2.18. The van der Waals surface area contributed by atoms with Crippen molar-refractivity contribution in [3.8, 4) is 0 Å². The molecule has 3 N–H and O–H groups in total. The van der Waals surface area contributed by atoms with Crippen LogP contribution in [0.2, 0.25) is 0 Å². The molecule has 0 saturated carbocycles. The quantitative estimate of drug-likeness (QED) is 0.501. The summed E-state index contributed by atoms with van der Waals surface area (Å²) < 4.78 is 9.82. The number of hydrogen-bond donors (Lipinski definition) is 3. The third-order valence-electron chi connectivity index (χ3n) is 3.89. The van der Waals surface area contributed by atoms with E-state index < -0.39 is 30.6 Å². The van der Waals surface area contributed by atoms with Crippen molar-refractivity contribution in [2.75, 3.05) is 6.61 Å². The number of ether oxygens (including phenoxy) is 2. The van der Waals surface area contributed by atoms with Crippen molar-refractivity contribution in [2.24, 2.45) is 0 Å². The second kappa shape index (κ2) is 7.06. The normalized spacial score (nSPS) is 32.3. The van der Waals surface area contributed by atoms with Crippen molar-refractivity contribution in [1.29, 1.82) is 0 Å². The van der Waals surface area contributed by atoms with Crippen molar-refractivity contribution in [2.45, 2.75) is 57.0 Å². The summed E-state index contributed by atoms with van der Waals surface area (Å²) in [6.07, 6.45) is 2.57. The molecule has 0 aromatic heterocycles. The number of allylic oxidation sites excluding steroid dienone is 1. The van der Waals surface area contributed by atoms with Gasteiger partial charge in [0.2, 0.25) is 0 Å². The van der Waals surface area contributed by atoms with Gasteiger partial charge in [0.05, 0.1) is 6.61 Å². The van der Waals surface area contributed by atoms with Crippen molar-refractivity contribution in [3.05, 3.63) is 23.3 Å². The van der Waals surface area contributed by atoms with E-state index in [-0.39, 0.29) is 6.61 Å². The highest BCUT2D eigenvalue weighted by Gasteiger charge is 2.50. The van der Waals surface area contributed by atoms with Crippen molar-refractivity contribution in [1.82, 2.24) is 0 Å². The Hall–Kier alpha value is -1.37. The van der Waals surface area contributed by atoms with E-state index in [1.54, 1.807) is 6.08 Å². The van der Waals surface area contributed by atoms with Gasteiger partial charge >= 0.3 is 6.16 Å². The molecule has 4 atom stereocenters. The van der Waals surface area contributed by atoms with Gasteiger partial charge in [0, 0.05) is 5.57 Å². The zero-order valence-corrected chi connectivity index (χ0v) is 12.1. The number of fused-ring (bicyclic) bond motifs is 1. The lowest BCUT2D eigenvalue weighted by atomic mass is 9.83. The Morgan fingerprint density at radius 3 is 2.67 bits per heavy atom. The van der Waals surface area contributed by atoms with Crippen LogP contribution in [0.25, 0.3) is 0 Å². The first-order valence-corrected chi connectivity index (χ1v) is 7.33. The molecule has 0 aromatic rings. The van der Waals surface area contributed by atoms with E-state index in [4.69, 9.17) is 9.47 Å². The first kappa shape index (κ1) is 16.0. The molecule has 0 radical (unpaired) electrons. The van der Waals surface area contributed by atoms with Gasteiger partial charge in [-0.15, -0.1) is 0 Å². The lowest BCUT2D eigenvalue weighted by Crippen LogP contribution is -2.49. The second-order valence-corrected chi connectivity index (χ2v) is 5.34. The summed E-state index contributed by atoms with van der Waals surface area (Å²) in [6.45, 7) is 1.75. The van der Waals surface area contributed by atoms with Crippen LogP contribution < -0.4 is 0 Å². The molecule has 1 fully saturated rings. The van der Waals surface area contributed by atoms with Crippen LogP contribution in [-0.4, -0.2) is 52.5 Å². The number of rotatable bonds is 6. The third-order valence-corrected chi connectivity index (χ3v) is 3.89. The van der Waals surface area contributed by atoms with E-state index in [1.807, 2.05) is 6.08 Å². The fraction of sp³-hybridized carbons (Fsp3) is 0.667. The highest BCUT2D eigenvalue weighted by molar-refractivity contribution is 5.64. The first-order valence-electron chi connectivity index (χ1n) is 7.33. The largest absolute Gasteiger partial charge is 0.509 e. The molecule has 2 rings (SSSR count). The van der Waals surface area contributed by atoms with Gasteiger partial charge < -0.3 is 24.8 Å². The maximum atomic E-state index is 11.2. The Morgan fingerprint density at radius 2 is 2.00 bits per heavy atom. The minimum atomic E-state index is -1.26. The molecule has 0 spiro atoms. The van der Waals surface area contributed by atoms with Crippen LogP contribution in [-0.2, 0) is 9.47 Å². The number of hydrogen-bond acceptors (Lipinski definition) is 6. The van der Waals surface area contributed by atoms with Crippen LogP contribution >= 0.6 is 0 Å². The van der Waals surface area contributed by atoms with Gasteiger partial charge in [-0.1, -0.05) is 31.9 Å². The summed E-state index contributed by atoms with van der Waals surface area (Å²) in [5.41, 5.74) is 0.788. The van der Waals surface area contributed by atoms with E-state index in [1.165, 1.54) is 0 Å². The Morgan fingerprint density at radius 1 is 1.24 bits per heavy atom. The summed E-state index contributed by atoms with van der Waals surface area (Å²) in [5, 5.41) is 29.7. The van der Waals surface area contributed by atoms with Gasteiger partial charge in [-0.3, -0.25) is 0 Å². The van der Waals surface area contributed by atoms with Gasteiger partial charge in [0.15, 0.2) is 12.2 Å². The molecular formula is C15H22O6. The lowest BCUT2D eigenvalue weighted by molar-refractivity contribution is -0.0525. The molecular weight excluding hydrogens is 276 g/mol. The average molecular weight is 298 g/mol. The molecule has 0 bridgehead atoms. The first-order chi connectivity index (χ1) is 10.1. The molecule has 21 heavy (non-hydrogen) atoms. The van der Waals surface area contributed by atoms with E-state index in [2.05, 4.69) is 6.92 Å². The zero-order chi connectivity index (χ0) is 15.4. The van der Waals surface area contributed by atoms with Crippen LogP contribution in [0.4, 0.5) is 4.79 Å². The number of aliphatic hydroxyl groups excluding tert-OH is 3. The molecule has 1 heterocycles. The van der Waals surface area contributed by atoms with Crippen LogP contribution in [0.1, 0.15) is 32.6 Å². The predicted octanol–water partition coefficient (Wildman–Crippen LogP) is 1.05. The minimum absolute atomic E-state index is 0.365. The van der Waals surface area contributed by atoms with Gasteiger partial charge in [-0.05, 0) is 18.4 Å². The fourth-order valence-electron chi connectivity index (χ4n) is 2.72. The van der Waals surface area contributed by atoms with Gasteiger partial charge in [-0.25, -0.2) is 4.79 Å². The molecule has 6 nitrogen and oxygen atoms in total. The molecule has 0 unspecified atom stereocenters. The standard InChI is InChI=1S/C15H22O6/c1-2-3-4-5-6-7-9-10(8-16)13-14(12(18)11(9)17)21-15(19)20-13/h6-7,11-14,16-18H,2-5,8H2,1H3/b7-6+/t11-,12+,13-,14+/m1/s1. The Bertz CT molecular complexity index is 441. The number of carbonyl (C=O) groups is 1.